The molecular formula is C11H18N2O. The predicted octanol–water partition coefficient (Wildman–Crippen LogP) is 0.497. The van der Waals surface area contributed by atoms with Crippen LogP contribution in [0.25, 0.3) is 0 Å². The quantitative estimate of drug-likeness (QED) is 0.638. The first-order valence-corrected chi connectivity index (χ1v) is 5.74. The van der Waals surface area contributed by atoms with E-state index in [9.17, 15) is 4.79 Å². The van der Waals surface area contributed by atoms with E-state index < -0.39 is 0 Å². The Balaban J connectivity index is 1.89. The van der Waals surface area contributed by atoms with Crippen molar-refractivity contribution in [2.24, 2.45) is 28.9 Å². The third-order valence-corrected chi connectivity index (χ3v) is 4.72. The number of amides is 1. The number of carbonyl (C=O) groups excluding carboxylic acids is 1. The third-order valence-electron chi connectivity index (χ3n) is 4.72. The van der Waals surface area contributed by atoms with Crippen molar-refractivity contribution in [3.63, 3.8) is 0 Å². The van der Waals surface area contributed by atoms with Gasteiger partial charge < -0.3 is 11.1 Å². The van der Waals surface area contributed by atoms with Crippen molar-refractivity contribution in [3.8, 4) is 0 Å². The summed E-state index contributed by atoms with van der Waals surface area (Å²) in [7, 11) is 0. The molecule has 3 N–H and O–H groups in total. The van der Waals surface area contributed by atoms with Crippen LogP contribution in [0.1, 0.15) is 25.7 Å². The van der Waals surface area contributed by atoms with E-state index in [4.69, 9.17) is 5.73 Å². The van der Waals surface area contributed by atoms with Gasteiger partial charge in [0.05, 0.1) is 5.92 Å². The van der Waals surface area contributed by atoms with E-state index in [1.165, 1.54) is 25.7 Å². The lowest BCUT2D eigenvalue weighted by molar-refractivity contribution is -0.125. The molecule has 3 heteroatoms. The standard InChI is InChI=1S/C11H18N2O/c12-10(14)9-5-13-6-11(9)3-1-2-7-4-8(7)11/h7-9,13H,1-6H2,(H2,12,14). The Hall–Kier alpha value is -0.570. The van der Waals surface area contributed by atoms with Crippen molar-refractivity contribution < 1.29 is 4.79 Å². The zero-order chi connectivity index (χ0) is 9.76. The van der Waals surface area contributed by atoms with Crippen molar-refractivity contribution in [1.82, 2.24) is 5.32 Å². The fourth-order valence-corrected chi connectivity index (χ4v) is 3.96. The minimum Gasteiger partial charge on any atom is -0.369 e. The van der Waals surface area contributed by atoms with Gasteiger partial charge in [0.1, 0.15) is 0 Å². The Kier molecular flexibility index (Phi) is 1.69. The highest BCUT2D eigenvalue weighted by atomic mass is 16.1. The van der Waals surface area contributed by atoms with Crippen molar-refractivity contribution in [3.05, 3.63) is 0 Å². The molecule has 14 heavy (non-hydrogen) atoms. The average molecular weight is 194 g/mol. The number of carbonyl (C=O) groups is 1. The summed E-state index contributed by atoms with van der Waals surface area (Å²) in [5.41, 5.74) is 5.76. The van der Waals surface area contributed by atoms with Crippen LogP contribution in [0.15, 0.2) is 0 Å². The van der Waals surface area contributed by atoms with Gasteiger partial charge in [-0.15, -0.1) is 0 Å². The van der Waals surface area contributed by atoms with Gasteiger partial charge in [-0.3, -0.25) is 4.79 Å². The van der Waals surface area contributed by atoms with Gasteiger partial charge in [0.15, 0.2) is 0 Å². The number of hydrogen-bond donors (Lipinski definition) is 2. The first-order valence-electron chi connectivity index (χ1n) is 5.74. The SMILES string of the molecule is NC(=O)C1CNCC12CCCC1CC12. The van der Waals surface area contributed by atoms with E-state index in [1.807, 2.05) is 0 Å². The Morgan fingerprint density at radius 2 is 2.36 bits per heavy atom. The van der Waals surface area contributed by atoms with Crippen molar-refractivity contribution in [2.45, 2.75) is 25.7 Å². The summed E-state index contributed by atoms with van der Waals surface area (Å²) in [6, 6.07) is 0. The first kappa shape index (κ1) is 8.72. The molecule has 1 spiro atoms. The first-order chi connectivity index (χ1) is 6.74. The highest BCUT2D eigenvalue weighted by Gasteiger charge is 2.60. The Morgan fingerprint density at radius 3 is 3.14 bits per heavy atom. The van der Waals surface area contributed by atoms with Gasteiger partial charge in [-0.1, -0.05) is 12.8 Å². The number of nitrogens with one attached hydrogen (secondary N) is 1. The van der Waals surface area contributed by atoms with Gasteiger partial charge in [-0.25, -0.2) is 0 Å². The van der Waals surface area contributed by atoms with Crippen LogP contribution >= 0.6 is 0 Å². The zero-order valence-corrected chi connectivity index (χ0v) is 8.46. The van der Waals surface area contributed by atoms with Crippen LogP contribution in [0.2, 0.25) is 0 Å². The molecule has 0 aromatic heterocycles. The van der Waals surface area contributed by atoms with Gasteiger partial charge >= 0.3 is 0 Å². The molecule has 3 fully saturated rings. The fourth-order valence-electron chi connectivity index (χ4n) is 3.96. The van der Waals surface area contributed by atoms with Gasteiger partial charge in [0.25, 0.3) is 0 Å². The number of rotatable bonds is 1. The highest BCUT2D eigenvalue weighted by molar-refractivity contribution is 5.78. The summed E-state index contributed by atoms with van der Waals surface area (Å²) in [6.45, 7) is 1.85. The van der Waals surface area contributed by atoms with Crippen LogP contribution < -0.4 is 11.1 Å². The average Bonchev–Trinajstić information content (AvgIpc) is 2.82. The Bertz CT molecular complexity index is 278. The fraction of sp³-hybridized carbons (Fsp3) is 0.909. The predicted molar refractivity (Wildman–Crippen MR) is 53.4 cm³/mol. The van der Waals surface area contributed by atoms with E-state index >= 15 is 0 Å². The summed E-state index contributed by atoms with van der Waals surface area (Å²) in [5, 5.41) is 3.37. The minimum absolute atomic E-state index is 0.0810. The molecule has 3 aliphatic rings. The number of primary amides is 1. The normalized spacial score (nSPS) is 50.4. The Labute approximate surface area is 84.4 Å². The van der Waals surface area contributed by atoms with E-state index in [2.05, 4.69) is 5.32 Å². The van der Waals surface area contributed by atoms with E-state index in [0.717, 1.165) is 24.9 Å². The van der Waals surface area contributed by atoms with Crippen molar-refractivity contribution >= 4 is 5.91 Å². The maximum absolute atomic E-state index is 11.4. The second kappa shape index (κ2) is 2.72. The molecule has 4 unspecified atom stereocenters. The molecule has 3 nitrogen and oxygen atoms in total. The molecule has 0 radical (unpaired) electrons. The van der Waals surface area contributed by atoms with Crippen LogP contribution in [0.4, 0.5) is 0 Å². The molecule has 2 aliphatic carbocycles. The van der Waals surface area contributed by atoms with Gasteiger partial charge in [0.2, 0.25) is 5.91 Å². The largest absolute Gasteiger partial charge is 0.369 e. The highest BCUT2D eigenvalue weighted by Crippen LogP contribution is 2.62. The maximum atomic E-state index is 11.4. The minimum atomic E-state index is -0.0810. The summed E-state index contributed by atoms with van der Waals surface area (Å²) < 4.78 is 0. The zero-order valence-electron chi connectivity index (χ0n) is 8.46. The molecule has 1 heterocycles. The second-order valence-corrected chi connectivity index (χ2v) is 5.31. The number of fused-ring (bicyclic) bond motifs is 2. The van der Waals surface area contributed by atoms with Crippen molar-refractivity contribution in [1.29, 1.82) is 0 Å². The summed E-state index contributed by atoms with van der Waals surface area (Å²) in [4.78, 5) is 11.4. The monoisotopic (exact) mass is 194 g/mol. The van der Waals surface area contributed by atoms with Gasteiger partial charge in [0, 0.05) is 13.1 Å². The van der Waals surface area contributed by atoms with E-state index in [1.54, 1.807) is 0 Å². The Morgan fingerprint density at radius 1 is 1.50 bits per heavy atom. The maximum Gasteiger partial charge on any atom is 0.222 e. The van der Waals surface area contributed by atoms with E-state index in [-0.39, 0.29) is 17.2 Å². The molecule has 0 aromatic carbocycles. The molecule has 1 aliphatic heterocycles. The number of hydrogen-bond acceptors (Lipinski definition) is 2. The number of nitrogens with two attached hydrogens (primary N) is 1. The molecule has 0 aromatic rings. The van der Waals surface area contributed by atoms with Crippen LogP contribution in [-0.2, 0) is 4.79 Å². The molecule has 0 bridgehead atoms. The van der Waals surface area contributed by atoms with Crippen molar-refractivity contribution in [2.75, 3.05) is 13.1 Å². The topological polar surface area (TPSA) is 55.1 Å². The third kappa shape index (κ3) is 0.991. The summed E-state index contributed by atoms with van der Waals surface area (Å²) in [5.74, 6) is 1.76. The van der Waals surface area contributed by atoms with E-state index in [0.29, 0.717) is 0 Å². The smallest absolute Gasteiger partial charge is 0.222 e. The lowest BCUT2D eigenvalue weighted by Crippen LogP contribution is -2.42. The van der Waals surface area contributed by atoms with Crippen LogP contribution in [0.5, 0.6) is 0 Å². The molecule has 1 amide bonds. The molecule has 3 rings (SSSR count). The lowest BCUT2D eigenvalue weighted by atomic mass is 9.67. The van der Waals surface area contributed by atoms with Crippen LogP contribution in [0, 0.1) is 23.2 Å². The van der Waals surface area contributed by atoms with Crippen LogP contribution in [0.3, 0.4) is 0 Å². The molecule has 2 saturated carbocycles. The molecular weight excluding hydrogens is 176 g/mol. The molecule has 4 atom stereocenters. The van der Waals surface area contributed by atoms with Gasteiger partial charge in [-0.2, -0.15) is 0 Å². The molecule has 78 valence electrons. The summed E-state index contributed by atoms with van der Waals surface area (Å²) >= 11 is 0. The van der Waals surface area contributed by atoms with Gasteiger partial charge in [-0.05, 0) is 30.1 Å². The van der Waals surface area contributed by atoms with Crippen LogP contribution in [-0.4, -0.2) is 19.0 Å². The second-order valence-electron chi connectivity index (χ2n) is 5.31. The summed E-state index contributed by atoms with van der Waals surface area (Å²) in [6.07, 6.45) is 5.25. The molecule has 1 saturated heterocycles. The lowest BCUT2D eigenvalue weighted by Gasteiger charge is -2.36.